The number of ether oxygens (including phenoxy) is 2. The summed E-state index contributed by atoms with van der Waals surface area (Å²) in [7, 11) is 1.39. The molecule has 2 aromatic heterocycles. The number of pyridine rings is 1. The number of aryl methyl sites for hydroxylation is 1. The molecule has 1 aromatic carbocycles. The maximum Gasteiger partial charge on any atom is 0.320 e. The van der Waals surface area contributed by atoms with Gasteiger partial charge in [-0.2, -0.15) is 0 Å². The predicted octanol–water partition coefficient (Wildman–Crippen LogP) is 4.16. The van der Waals surface area contributed by atoms with E-state index in [1.807, 2.05) is 0 Å². The molecule has 0 aliphatic heterocycles. The number of rotatable bonds is 7. The van der Waals surface area contributed by atoms with Gasteiger partial charge in [-0.15, -0.1) is 5.10 Å². The third-order valence-corrected chi connectivity index (χ3v) is 5.59. The van der Waals surface area contributed by atoms with E-state index in [0.717, 1.165) is 25.0 Å². The van der Waals surface area contributed by atoms with E-state index in [1.54, 1.807) is 19.1 Å². The topological polar surface area (TPSA) is 128 Å². The van der Waals surface area contributed by atoms with E-state index in [2.05, 4.69) is 25.8 Å². The third-order valence-electron chi connectivity index (χ3n) is 5.59. The maximum absolute atomic E-state index is 13.3. The van der Waals surface area contributed by atoms with Crippen molar-refractivity contribution in [3.63, 3.8) is 0 Å². The lowest BCUT2D eigenvalue weighted by Crippen LogP contribution is -2.28. The van der Waals surface area contributed by atoms with E-state index in [1.165, 1.54) is 13.2 Å². The van der Waals surface area contributed by atoms with E-state index in [9.17, 15) is 18.4 Å². The van der Waals surface area contributed by atoms with Gasteiger partial charge >= 0.3 is 23.8 Å². The van der Waals surface area contributed by atoms with Gasteiger partial charge in [0.25, 0.3) is 0 Å². The smallest absolute Gasteiger partial charge is 0.320 e. The fourth-order valence-electron chi connectivity index (χ4n) is 3.73. The Morgan fingerprint density at radius 2 is 1.83 bits per heavy atom. The summed E-state index contributed by atoms with van der Waals surface area (Å²) in [6.07, 6.45) is 2.78. The second kappa shape index (κ2) is 10.5. The average molecular weight is 487 g/mol. The number of amides is 1. The number of carbonyl (C=O) groups excluding carboxylic acids is 2. The van der Waals surface area contributed by atoms with Gasteiger partial charge in [0.1, 0.15) is 6.10 Å². The lowest BCUT2D eigenvalue weighted by molar-refractivity contribution is -0.147. The standard InChI is InChI=1S/C23H23F2N5O5/c1-12-18(9-10-19(26-12)34-15-6-3-13(4-7-15)22(32)33-2)28-20(31)21-29-30-23(35-21)27-14-5-8-16(24)17(25)11-14/h5,8-11,13,15H,3-4,6-7H2,1-2H3,(H,27,30)(H,28,31)/t13-,15-. The average Bonchev–Trinajstić information content (AvgIpc) is 3.32. The van der Waals surface area contributed by atoms with Crippen molar-refractivity contribution in [3.8, 4) is 5.88 Å². The van der Waals surface area contributed by atoms with E-state index in [0.29, 0.717) is 30.1 Å². The number of nitrogens with one attached hydrogen (secondary N) is 2. The number of anilines is 3. The van der Waals surface area contributed by atoms with Crippen molar-refractivity contribution in [1.29, 1.82) is 0 Å². The molecule has 1 aliphatic rings. The first kappa shape index (κ1) is 24.0. The highest BCUT2D eigenvalue weighted by Gasteiger charge is 2.28. The number of methoxy groups -OCH3 is 1. The van der Waals surface area contributed by atoms with Crippen molar-refractivity contribution < 1.29 is 32.3 Å². The van der Waals surface area contributed by atoms with Gasteiger partial charge in [-0.3, -0.25) is 9.59 Å². The number of hydrogen-bond donors (Lipinski definition) is 2. The van der Waals surface area contributed by atoms with Crippen LogP contribution in [0.15, 0.2) is 34.7 Å². The van der Waals surface area contributed by atoms with Crippen molar-refractivity contribution >= 4 is 29.3 Å². The number of esters is 1. The van der Waals surface area contributed by atoms with E-state index >= 15 is 0 Å². The van der Waals surface area contributed by atoms with E-state index in [-0.39, 0.29) is 35.6 Å². The van der Waals surface area contributed by atoms with Crippen molar-refractivity contribution in [2.75, 3.05) is 17.7 Å². The molecule has 12 heteroatoms. The third kappa shape index (κ3) is 5.89. The van der Waals surface area contributed by atoms with Gasteiger partial charge < -0.3 is 24.5 Å². The largest absolute Gasteiger partial charge is 0.474 e. The summed E-state index contributed by atoms with van der Waals surface area (Å²) >= 11 is 0. The van der Waals surface area contributed by atoms with Gasteiger partial charge in [0.2, 0.25) is 5.88 Å². The Morgan fingerprint density at radius 3 is 2.51 bits per heavy atom. The summed E-state index contributed by atoms with van der Waals surface area (Å²) in [6, 6.07) is 6.26. The molecule has 0 spiro atoms. The number of carbonyl (C=O) groups is 2. The zero-order valence-electron chi connectivity index (χ0n) is 19.0. The molecule has 1 fully saturated rings. The normalized spacial score (nSPS) is 17.5. The first-order valence-corrected chi connectivity index (χ1v) is 10.9. The lowest BCUT2D eigenvalue weighted by Gasteiger charge is -2.27. The van der Waals surface area contributed by atoms with Crippen molar-refractivity contribution in [2.24, 2.45) is 5.92 Å². The van der Waals surface area contributed by atoms with Crippen LogP contribution in [0, 0.1) is 24.5 Å². The SMILES string of the molecule is COC(=O)[C@H]1CC[C@H](Oc2ccc(NC(=O)c3nnc(Nc4ccc(F)c(F)c4)o3)c(C)n2)CC1. The van der Waals surface area contributed by atoms with Gasteiger partial charge in [0, 0.05) is 17.8 Å². The van der Waals surface area contributed by atoms with Gasteiger partial charge in [-0.1, -0.05) is 5.10 Å². The fourth-order valence-corrected chi connectivity index (χ4v) is 3.73. The van der Waals surface area contributed by atoms with Crippen molar-refractivity contribution in [2.45, 2.75) is 38.7 Å². The first-order valence-electron chi connectivity index (χ1n) is 10.9. The van der Waals surface area contributed by atoms with Crippen LogP contribution >= 0.6 is 0 Å². The number of aromatic nitrogens is 3. The van der Waals surface area contributed by atoms with Gasteiger partial charge in [-0.05, 0) is 50.8 Å². The highest BCUT2D eigenvalue weighted by Crippen LogP contribution is 2.29. The lowest BCUT2D eigenvalue weighted by atomic mass is 9.87. The highest BCUT2D eigenvalue weighted by atomic mass is 19.2. The molecule has 2 heterocycles. The molecule has 2 N–H and O–H groups in total. The fraction of sp³-hybridized carbons (Fsp3) is 0.348. The molecule has 1 aliphatic carbocycles. The summed E-state index contributed by atoms with van der Waals surface area (Å²) in [5.74, 6) is -2.91. The Hall–Kier alpha value is -4.09. The van der Waals surface area contributed by atoms with Crippen molar-refractivity contribution in [3.05, 3.63) is 53.6 Å². The summed E-state index contributed by atoms with van der Waals surface area (Å²) in [5.41, 5.74) is 1.11. The molecule has 3 aromatic rings. The summed E-state index contributed by atoms with van der Waals surface area (Å²) < 4.78 is 42.4. The van der Waals surface area contributed by atoms with Crippen LogP contribution < -0.4 is 15.4 Å². The maximum atomic E-state index is 13.3. The first-order chi connectivity index (χ1) is 16.8. The Bertz CT molecular complexity index is 1230. The molecule has 0 atom stereocenters. The van der Waals surface area contributed by atoms with Crippen LogP contribution in [0.25, 0.3) is 0 Å². The number of hydrogen-bond acceptors (Lipinski definition) is 9. The second-order valence-corrected chi connectivity index (χ2v) is 8.02. The Kier molecular flexibility index (Phi) is 7.18. The van der Waals surface area contributed by atoms with Gasteiger partial charge in [0.15, 0.2) is 11.6 Å². The Morgan fingerprint density at radius 1 is 1.06 bits per heavy atom. The zero-order chi connectivity index (χ0) is 24.9. The molecule has 4 rings (SSSR count). The van der Waals surface area contributed by atoms with Crippen LogP contribution in [-0.2, 0) is 9.53 Å². The number of halogens is 2. The Labute approximate surface area is 199 Å². The minimum absolute atomic E-state index is 0.0536. The van der Waals surface area contributed by atoms with Gasteiger partial charge in [0.05, 0.1) is 24.4 Å². The minimum atomic E-state index is -1.04. The molecule has 0 unspecified atom stereocenters. The van der Waals surface area contributed by atoms with Crippen LogP contribution in [0.2, 0.25) is 0 Å². The monoisotopic (exact) mass is 487 g/mol. The van der Waals surface area contributed by atoms with Crippen LogP contribution in [0.3, 0.4) is 0 Å². The predicted molar refractivity (Wildman–Crippen MR) is 119 cm³/mol. The van der Waals surface area contributed by atoms with Crippen LogP contribution in [0.1, 0.15) is 42.1 Å². The van der Waals surface area contributed by atoms with Crippen molar-refractivity contribution in [1.82, 2.24) is 15.2 Å². The highest BCUT2D eigenvalue weighted by molar-refractivity contribution is 6.01. The van der Waals surface area contributed by atoms with Crippen LogP contribution in [0.5, 0.6) is 5.88 Å². The molecule has 184 valence electrons. The summed E-state index contributed by atoms with van der Waals surface area (Å²) in [4.78, 5) is 28.5. The summed E-state index contributed by atoms with van der Waals surface area (Å²) in [6.45, 7) is 1.71. The minimum Gasteiger partial charge on any atom is -0.474 e. The molecule has 35 heavy (non-hydrogen) atoms. The zero-order valence-corrected chi connectivity index (χ0v) is 19.0. The molecular weight excluding hydrogens is 464 g/mol. The van der Waals surface area contributed by atoms with Crippen LogP contribution in [0.4, 0.5) is 26.2 Å². The summed E-state index contributed by atoms with van der Waals surface area (Å²) in [5, 5.41) is 12.6. The molecule has 0 saturated heterocycles. The number of benzene rings is 1. The van der Waals surface area contributed by atoms with Crippen LogP contribution in [-0.4, -0.2) is 40.3 Å². The molecule has 0 radical (unpaired) electrons. The molecule has 10 nitrogen and oxygen atoms in total. The molecular formula is C23H23F2N5O5. The molecule has 0 bridgehead atoms. The quantitative estimate of drug-likeness (QED) is 0.472. The van der Waals surface area contributed by atoms with E-state index in [4.69, 9.17) is 13.9 Å². The molecule has 1 amide bonds. The van der Waals surface area contributed by atoms with E-state index < -0.39 is 17.5 Å². The number of nitrogens with zero attached hydrogens (tertiary/aromatic N) is 3. The Balaban J connectivity index is 1.33. The second-order valence-electron chi connectivity index (χ2n) is 8.02. The van der Waals surface area contributed by atoms with Gasteiger partial charge in [-0.25, -0.2) is 13.8 Å². The molecule has 1 saturated carbocycles.